The molecule has 2 atom stereocenters. The Hall–Kier alpha value is -2.37. The van der Waals surface area contributed by atoms with Crippen LogP contribution in [0.5, 0.6) is 0 Å². The van der Waals surface area contributed by atoms with Crippen LogP contribution in [0.4, 0.5) is 4.79 Å². The van der Waals surface area contributed by atoms with Gasteiger partial charge in [0.2, 0.25) is 0 Å². The summed E-state index contributed by atoms with van der Waals surface area (Å²) in [6.45, 7) is 2.69. The van der Waals surface area contributed by atoms with Crippen molar-refractivity contribution in [1.29, 1.82) is 0 Å². The molecule has 1 saturated heterocycles. The molecule has 0 bridgehead atoms. The third kappa shape index (κ3) is 3.45. The van der Waals surface area contributed by atoms with Crippen LogP contribution in [0.15, 0.2) is 48.5 Å². The number of amides is 1. The Kier molecular flexibility index (Phi) is 4.66. The van der Waals surface area contributed by atoms with Gasteiger partial charge in [0.15, 0.2) is 0 Å². The van der Waals surface area contributed by atoms with Gasteiger partial charge in [0, 0.05) is 19.4 Å². The number of nitrogens with zero attached hydrogens (tertiary/aromatic N) is 1. The molecule has 0 saturated carbocycles. The standard InChI is InChI=1S/C22H25NO4/c1-22(25)11-15(26-2)12-23(14-22)21(24)27-13-20-18-9-5-3-7-16(18)17-8-4-6-10-19(17)20/h3-10,15,20,25H,11-14H2,1-2H3/t15-,22+/m1/s1. The summed E-state index contributed by atoms with van der Waals surface area (Å²) in [5.41, 5.74) is 3.81. The van der Waals surface area contributed by atoms with Crippen LogP contribution in [0.2, 0.25) is 0 Å². The van der Waals surface area contributed by atoms with Crippen molar-refractivity contribution in [2.75, 3.05) is 26.8 Å². The summed E-state index contributed by atoms with van der Waals surface area (Å²) in [5.74, 6) is 0.0323. The summed E-state index contributed by atoms with van der Waals surface area (Å²) in [5, 5.41) is 10.4. The highest BCUT2D eigenvalue weighted by atomic mass is 16.6. The van der Waals surface area contributed by atoms with Crippen molar-refractivity contribution in [2.45, 2.75) is 31.0 Å². The number of benzene rings is 2. The van der Waals surface area contributed by atoms with E-state index >= 15 is 0 Å². The van der Waals surface area contributed by atoms with E-state index in [0.717, 1.165) is 0 Å². The summed E-state index contributed by atoms with van der Waals surface area (Å²) in [6, 6.07) is 16.5. The molecule has 1 aliphatic heterocycles. The average molecular weight is 367 g/mol. The fourth-order valence-electron chi connectivity index (χ4n) is 4.32. The Balaban J connectivity index is 1.50. The summed E-state index contributed by atoms with van der Waals surface area (Å²) in [6.07, 6.45) is -0.0791. The molecule has 5 nitrogen and oxygen atoms in total. The van der Waals surface area contributed by atoms with E-state index in [1.165, 1.54) is 22.3 Å². The summed E-state index contributed by atoms with van der Waals surface area (Å²) in [7, 11) is 1.60. The Morgan fingerprint density at radius 3 is 2.33 bits per heavy atom. The molecule has 1 aliphatic carbocycles. The van der Waals surface area contributed by atoms with E-state index in [-0.39, 0.29) is 25.2 Å². The second-order valence-corrected chi connectivity index (χ2v) is 7.74. The molecule has 2 aliphatic rings. The van der Waals surface area contributed by atoms with E-state index < -0.39 is 11.7 Å². The van der Waals surface area contributed by atoms with Crippen molar-refractivity contribution in [1.82, 2.24) is 4.90 Å². The lowest BCUT2D eigenvalue weighted by Gasteiger charge is -2.40. The van der Waals surface area contributed by atoms with Crippen LogP contribution in [0.25, 0.3) is 11.1 Å². The van der Waals surface area contributed by atoms with Gasteiger partial charge in [-0.3, -0.25) is 0 Å². The van der Waals surface area contributed by atoms with Gasteiger partial charge in [-0.1, -0.05) is 48.5 Å². The molecular formula is C22H25NO4. The van der Waals surface area contributed by atoms with Gasteiger partial charge >= 0.3 is 6.09 Å². The number of hydrogen-bond donors (Lipinski definition) is 1. The van der Waals surface area contributed by atoms with Crippen molar-refractivity contribution >= 4 is 6.09 Å². The molecule has 5 heteroatoms. The second-order valence-electron chi connectivity index (χ2n) is 7.74. The molecule has 0 aromatic heterocycles. The quantitative estimate of drug-likeness (QED) is 0.903. The van der Waals surface area contributed by atoms with Gasteiger partial charge in [-0.2, -0.15) is 0 Å². The monoisotopic (exact) mass is 367 g/mol. The van der Waals surface area contributed by atoms with Gasteiger partial charge < -0.3 is 19.5 Å². The highest BCUT2D eigenvalue weighted by molar-refractivity contribution is 5.79. The summed E-state index contributed by atoms with van der Waals surface area (Å²) >= 11 is 0. The number of β-amino-alcohol motifs (C(OH)–C–C–N with tert-alkyl or cyclic N) is 1. The van der Waals surface area contributed by atoms with Crippen LogP contribution in [-0.2, 0) is 9.47 Å². The number of rotatable bonds is 3. The molecule has 4 rings (SSSR count). The van der Waals surface area contributed by atoms with E-state index in [0.29, 0.717) is 13.0 Å². The maximum Gasteiger partial charge on any atom is 0.409 e. The van der Waals surface area contributed by atoms with Crippen molar-refractivity contribution < 1.29 is 19.4 Å². The number of piperidine rings is 1. The van der Waals surface area contributed by atoms with Gasteiger partial charge in [0.25, 0.3) is 0 Å². The Morgan fingerprint density at radius 2 is 1.74 bits per heavy atom. The minimum Gasteiger partial charge on any atom is -0.448 e. The Morgan fingerprint density at radius 1 is 1.15 bits per heavy atom. The predicted octanol–water partition coefficient (Wildman–Crippen LogP) is 3.41. The first-order valence-electron chi connectivity index (χ1n) is 9.33. The van der Waals surface area contributed by atoms with E-state index in [2.05, 4.69) is 24.3 Å². The first kappa shape index (κ1) is 18.0. The molecule has 27 heavy (non-hydrogen) atoms. The van der Waals surface area contributed by atoms with Crippen molar-refractivity contribution in [3.05, 3.63) is 59.7 Å². The zero-order valence-electron chi connectivity index (χ0n) is 15.7. The lowest BCUT2D eigenvalue weighted by Crippen LogP contribution is -2.54. The van der Waals surface area contributed by atoms with Crippen LogP contribution in [-0.4, -0.2) is 54.6 Å². The number of fused-ring (bicyclic) bond motifs is 3. The number of hydrogen-bond acceptors (Lipinski definition) is 4. The third-order valence-electron chi connectivity index (χ3n) is 5.55. The number of ether oxygens (including phenoxy) is 2. The molecule has 142 valence electrons. The molecule has 1 heterocycles. The fourth-order valence-corrected chi connectivity index (χ4v) is 4.32. The number of likely N-dealkylation sites (tertiary alicyclic amines) is 1. The third-order valence-corrected chi connectivity index (χ3v) is 5.55. The van der Waals surface area contributed by atoms with Crippen molar-refractivity contribution in [2.24, 2.45) is 0 Å². The summed E-state index contributed by atoms with van der Waals surface area (Å²) in [4.78, 5) is 14.2. The highest BCUT2D eigenvalue weighted by Crippen LogP contribution is 2.44. The predicted molar refractivity (Wildman–Crippen MR) is 103 cm³/mol. The van der Waals surface area contributed by atoms with Crippen molar-refractivity contribution in [3.63, 3.8) is 0 Å². The van der Waals surface area contributed by atoms with Crippen molar-refractivity contribution in [3.8, 4) is 11.1 Å². The fraction of sp³-hybridized carbons (Fsp3) is 0.409. The number of carbonyl (C=O) groups is 1. The van der Waals surface area contributed by atoms with Gasteiger partial charge in [0.05, 0.1) is 24.8 Å². The van der Waals surface area contributed by atoms with E-state index in [1.54, 1.807) is 18.9 Å². The molecule has 0 spiro atoms. The normalized spacial score (nSPS) is 24.4. The van der Waals surface area contributed by atoms with Gasteiger partial charge in [-0.15, -0.1) is 0 Å². The first-order valence-corrected chi connectivity index (χ1v) is 9.33. The van der Waals surface area contributed by atoms with E-state index in [1.807, 2.05) is 24.3 Å². The number of methoxy groups -OCH3 is 1. The number of aliphatic hydroxyl groups is 1. The van der Waals surface area contributed by atoms with Gasteiger partial charge in [0.1, 0.15) is 6.61 Å². The number of carbonyl (C=O) groups excluding carboxylic acids is 1. The van der Waals surface area contributed by atoms with Gasteiger partial charge in [-0.05, 0) is 29.2 Å². The van der Waals surface area contributed by atoms with E-state index in [9.17, 15) is 9.90 Å². The molecular weight excluding hydrogens is 342 g/mol. The average Bonchev–Trinajstić information content (AvgIpc) is 2.98. The SMILES string of the molecule is CO[C@H]1CN(C(=O)OCC2c3ccccc3-c3ccccc32)C[C@@](C)(O)C1. The smallest absolute Gasteiger partial charge is 0.409 e. The molecule has 2 aromatic carbocycles. The highest BCUT2D eigenvalue weighted by Gasteiger charge is 2.38. The van der Waals surface area contributed by atoms with Crippen LogP contribution in [0, 0.1) is 0 Å². The molecule has 1 N–H and O–H groups in total. The molecule has 0 unspecified atom stereocenters. The zero-order valence-corrected chi connectivity index (χ0v) is 15.7. The lowest BCUT2D eigenvalue weighted by atomic mass is 9.93. The molecule has 1 amide bonds. The molecule has 0 radical (unpaired) electrons. The van der Waals surface area contributed by atoms with Crippen LogP contribution in [0.3, 0.4) is 0 Å². The minimum absolute atomic E-state index is 0.0323. The zero-order chi connectivity index (χ0) is 19.0. The molecule has 1 fully saturated rings. The molecule has 2 aromatic rings. The van der Waals surface area contributed by atoms with Crippen LogP contribution in [0.1, 0.15) is 30.4 Å². The lowest BCUT2D eigenvalue weighted by molar-refractivity contribution is -0.0767. The Bertz CT molecular complexity index is 802. The van der Waals surface area contributed by atoms with Gasteiger partial charge in [-0.25, -0.2) is 4.79 Å². The Labute approximate surface area is 159 Å². The van der Waals surface area contributed by atoms with E-state index in [4.69, 9.17) is 9.47 Å². The topological polar surface area (TPSA) is 59.0 Å². The first-order chi connectivity index (χ1) is 13.0. The van der Waals surface area contributed by atoms with Crippen LogP contribution >= 0.6 is 0 Å². The summed E-state index contributed by atoms with van der Waals surface area (Å²) < 4.78 is 11.1. The minimum atomic E-state index is -0.968. The van der Waals surface area contributed by atoms with Crippen LogP contribution < -0.4 is 0 Å². The maximum atomic E-state index is 12.7. The second kappa shape index (κ2) is 6.98. The maximum absolute atomic E-state index is 12.7. The largest absolute Gasteiger partial charge is 0.448 e.